The minimum absolute atomic E-state index is 0.138. The van der Waals surface area contributed by atoms with Crippen LogP contribution >= 0.6 is 11.8 Å². The molecule has 31 heavy (non-hydrogen) atoms. The van der Waals surface area contributed by atoms with Crippen LogP contribution in [0.1, 0.15) is 17.5 Å². The summed E-state index contributed by atoms with van der Waals surface area (Å²) >= 11 is 1.56. The van der Waals surface area contributed by atoms with Gasteiger partial charge in [-0.05, 0) is 24.1 Å². The van der Waals surface area contributed by atoms with Crippen molar-refractivity contribution < 1.29 is 9.59 Å². The first kappa shape index (κ1) is 21.1. The second-order valence-corrected chi connectivity index (χ2v) is 8.55. The van der Waals surface area contributed by atoms with Crippen molar-refractivity contribution in [2.75, 3.05) is 11.6 Å². The molecule has 1 unspecified atom stereocenters. The van der Waals surface area contributed by atoms with Gasteiger partial charge >= 0.3 is 0 Å². The Morgan fingerprint density at radius 1 is 1.16 bits per heavy atom. The number of para-hydroxylation sites is 1. The van der Waals surface area contributed by atoms with Crippen LogP contribution in [0, 0.1) is 6.92 Å². The second-order valence-electron chi connectivity index (χ2n) is 7.55. The lowest BCUT2D eigenvalue weighted by atomic mass is 10.1. The average molecular weight is 437 g/mol. The van der Waals surface area contributed by atoms with Crippen molar-refractivity contribution in [1.29, 1.82) is 0 Å². The summed E-state index contributed by atoms with van der Waals surface area (Å²) in [6.45, 7) is 2.57. The maximum atomic E-state index is 12.8. The molecular weight excluding hydrogens is 412 g/mol. The van der Waals surface area contributed by atoms with E-state index in [1.165, 1.54) is 10.9 Å². The number of rotatable bonds is 6. The third kappa shape index (κ3) is 4.64. The summed E-state index contributed by atoms with van der Waals surface area (Å²) in [5, 5.41) is 3.47. The minimum atomic E-state index is -0.490. The van der Waals surface area contributed by atoms with Crippen LogP contribution in [0.5, 0.6) is 0 Å². The lowest BCUT2D eigenvalue weighted by Gasteiger charge is -2.23. The van der Waals surface area contributed by atoms with Gasteiger partial charge in [-0.2, -0.15) is 0 Å². The Labute approximate surface area is 184 Å². The standard InChI is InChI=1S/C23H24N4O3S/c1-16-6-5-9-18-21(16)25-14-26(23(18)30)11-10-20(28)27-15-31-13-19(27)22(29)24-12-17-7-3-2-4-8-17/h2-9,14,19H,10-13,15H2,1H3,(H,24,29). The molecule has 0 aliphatic carbocycles. The molecule has 160 valence electrons. The predicted molar refractivity (Wildman–Crippen MR) is 122 cm³/mol. The normalized spacial score (nSPS) is 15.9. The smallest absolute Gasteiger partial charge is 0.261 e. The highest BCUT2D eigenvalue weighted by molar-refractivity contribution is 7.99. The summed E-state index contributed by atoms with van der Waals surface area (Å²) in [4.78, 5) is 44.2. The zero-order valence-corrected chi connectivity index (χ0v) is 18.1. The van der Waals surface area contributed by atoms with Crippen LogP contribution in [0.4, 0.5) is 0 Å². The van der Waals surface area contributed by atoms with Gasteiger partial charge in [-0.15, -0.1) is 11.8 Å². The second kappa shape index (κ2) is 9.34. The number of thioether (sulfide) groups is 1. The molecule has 1 aromatic heterocycles. The highest BCUT2D eigenvalue weighted by Crippen LogP contribution is 2.22. The van der Waals surface area contributed by atoms with E-state index >= 15 is 0 Å². The molecule has 0 saturated carbocycles. The van der Waals surface area contributed by atoms with Gasteiger partial charge in [0, 0.05) is 25.3 Å². The Morgan fingerprint density at radius 3 is 2.77 bits per heavy atom. The van der Waals surface area contributed by atoms with Gasteiger partial charge in [0.25, 0.3) is 5.56 Å². The van der Waals surface area contributed by atoms with E-state index in [2.05, 4.69) is 10.3 Å². The number of hydrogen-bond acceptors (Lipinski definition) is 5. The van der Waals surface area contributed by atoms with Gasteiger partial charge in [0.2, 0.25) is 11.8 Å². The SMILES string of the molecule is Cc1cccc2c(=O)n(CCC(=O)N3CSCC3C(=O)NCc3ccccc3)cnc12. The van der Waals surface area contributed by atoms with Crippen LogP contribution < -0.4 is 10.9 Å². The summed E-state index contributed by atoms with van der Waals surface area (Å²) in [5.41, 5.74) is 2.48. The first-order valence-corrected chi connectivity index (χ1v) is 11.3. The van der Waals surface area contributed by atoms with Crippen molar-refractivity contribution in [3.8, 4) is 0 Å². The highest BCUT2D eigenvalue weighted by Gasteiger charge is 2.34. The number of hydrogen-bond donors (Lipinski definition) is 1. The van der Waals surface area contributed by atoms with E-state index in [1.54, 1.807) is 22.7 Å². The zero-order valence-electron chi connectivity index (χ0n) is 17.3. The van der Waals surface area contributed by atoms with E-state index in [0.29, 0.717) is 29.1 Å². The third-order valence-electron chi connectivity index (χ3n) is 5.44. The molecule has 0 spiro atoms. The lowest BCUT2D eigenvalue weighted by molar-refractivity contribution is -0.138. The number of benzene rings is 2. The quantitative estimate of drug-likeness (QED) is 0.641. The van der Waals surface area contributed by atoms with Gasteiger partial charge in [-0.25, -0.2) is 4.98 Å². The molecular formula is C23H24N4O3S. The molecule has 1 aliphatic rings. The predicted octanol–water partition coefficient (Wildman–Crippen LogP) is 2.31. The van der Waals surface area contributed by atoms with E-state index in [1.807, 2.05) is 49.4 Å². The molecule has 0 bridgehead atoms. The largest absolute Gasteiger partial charge is 0.350 e. The number of amides is 2. The first-order chi connectivity index (χ1) is 15.0. The van der Waals surface area contributed by atoms with Crippen LogP contribution in [0.3, 0.4) is 0 Å². The molecule has 3 aromatic rings. The van der Waals surface area contributed by atoms with Crippen LogP contribution in [0.2, 0.25) is 0 Å². The number of carbonyl (C=O) groups excluding carboxylic acids is 2. The fourth-order valence-corrected chi connectivity index (χ4v) is 4.85. The van der Waals surface area contributed by atoms with Crippen LogP contribution in [-0.4, -0.2) is 43.9 Å². The van der Waals surface area contributed by atoms with Crippen LogP contribution in [0.25, 0.3) is 10.9 Å². The number of nitrogens with zero attached hydrogens (tertiary/aromatic N) is 3. The van der Waals surface area contributed by atoms with Crippen molar-refractivity contribution in [3.05, 3.63) is 76.3 Å². The maximum absolute atomic E-state index is 12.8. The molecule has 1 N–H and O–H groups in total. The van der Waals surface area contributed by atoms with E-state index in [-0.39, 0.29) is 30.3 Å². The van der Waals surface area contributed by atoms with E-state index < -0.39 is 6.04 Å². The summed E-state index contributed by atoms with van der Waals surface area (Å²) in [7, 11) is 0. The van der Waals surface area contributed by atoms with Crippen molar-refractivity contribution in [2.24, 2.45) is 0 Å². The molecule has 4 rings (SSSR count). The molecule has 7 nitrogen and oxygen atoms in total. The maximum Gasteiger partial charge on any atom is 0.261 e. The molecule has 1 fully saturated rings. The van der Waals surface area contributed by atoms with Crippen molar-refractivity contribution in [1.82, 2.24) is 19.8 Å². The Bertz CT molecular complexity index is 1160. The summed E-state index contributed by atoms with van der Waals surface area (Å²) < 4.78 is 1.47. The van der Waals surface area contributed by atoms with Crippen molar-refractivity contribution in [2.45, 2.75) is 32.5 Å². The van der Waals surface area contributed by atoms with E-state index in [0.717, 1.165) is 11.1 Å². The first-order valence-electron chi connectivity index (χ1n) is 10.2. The molecule has 0 radical (unpaired) electrons. The molecule has 8 heteroatoms. The van der Waals surface area contributed by atoms with E-state index in [4.69, 9.17) is 0 Å². The monoisotopic (exact) mass is 436 g/mol. The number of carbonyl (C=O) groups is 2. The Balaban J connectivity index is 1.39. The lowest BCUT2D eigenvalue weighted by Crippen LogP contribution is -2.47. The zero-order chi connectivity index (χ0) is 21.8. The number of fused-ring (bicyclic) bond motifs is 1. The van der Waals surface area contributed by atoms with E-state index in [9.17, 15) is 14.4 Å². The van der Waals surface area contributed by atoms with Crippen molar-refractivity contribution in [3.63, 3.8) is 0 Å². The fourth-order valence-electron chi connectivity index (χ4n) is 3.66. The Morgan fingerprint density at radius 2 is 1.97 bits per heavy atom. The number of aromatic nitrogens is 2. The summed E-state index contributed by atoms with van der Waals surface area (Å²) in [6, 6.07) is 14.7. The Hall–Kier alpha value is -3.13. The van der Waals surface area contributed by atoms with Crippen molar-refractivity contribution >= 4 is 34.5 Å². The van der Waals surface area contributed by atoms with Gasteiger partial charge in [-0.1, -0.05) is 42.5 Å². The van der Waals surface area contributed by atoms with Gasteiger partial charge < -0.3 is 10.2 Å². The molecule has 2 amide bonds. The highest BCUT2D eigenvalue weighted by atomic mass is 32.2. The summed E-state index contributed by atoms with van der Waals surface area (Å²) in [5.74, 6) is 0.762. The van der Waals surface area contributed by atoms with Gasteiger partial charge in [0.15, 0.2) is 0 Å². The molecule has 1 saturated heterocycles. The fraction of sp³-hybridized carbons (Fsp3) is 0.304. The third-order valence-corrected chi connectivity index (χ3v) is 6.45. The van der Waals surface area contributed by atoms with Crippen LogP contribution in [0.15, 0.2) is 59.7 Å². The van der Waals surface area contributed by atoms with Gasteiger partial charge in [0.1, 0.15) is 6.04 Å². The average Bonchev–Trinajstić information content (AvgIpc) is 3.28. The topological polar surface area (TPSA) is 84.3 Å². The minimum Gasteiger partial charge on any atom is -0.350 e. The van der Waals surface area contributed by atoms with Crippen LogP contribution in [-0.2, 0) is 22.7 Å². The molecule has 2 aromatic carbocycles. The summed E-state index contributed by atoms with van der Waals surface area (Å²) in [6.07, 6.45) is 1.63. The molecule has 2 heterocycles. The van der Waals surface area contributed by atoms with Gasteiger partial charge in [-0.3, -0.25) is 19.0 Å². The molecule has 1 aliphatic heterocycles. The number of nitrogens with one attached hydrogen (secondary N) is 1. The van der Waals surface area contributed by atoms with Gasteiger partial charge in [0.05, 0.1) is 23.1 Å². The molecule has 1 atom stereocenters. The Kier molecular flexibility index (Phi) is 6.36. The number of aryl methyl sites for hydroxylation is 2.